The van der Waals surface area contributed by atoms with Crippen LogP contribution >= 0.6 is 11.6 Å². The predicted octanol–water partition coefficient (Wildman–Crippen LogP) is 2.86. The molecule has 0 saturated heterocycles. The molecule has 0 bridgehead atoms. The minimum absolute atomic E-state index is 0.0373. The number of rotatable bonds is 2. The predicted molar refractivity (Wildman–Crippen MR) is 74.8 cm³/mol. The Morgan fingerprint density at radius 3 is 2.74 bits per heavy atom. The lowest BCUT2D eigenvalue weighted by Crippen LogP contribution is -2.28. The third-order valence-corrected chi connectivity index (χ3v) is 4.25. The van der Waals surface area contributed by atoms with E-state index in [9.17, 15) is 0 Å². The highest BCUT2D eigenvalue weighted by Gasteiger charge is 2.35. The molecular formula is C13H16ClN5. The molecule has 6 heteroatoms. The number of aromatic nitrogens is 4. The third-order valence-electron chi connectivity index (χ3n) is 3.93. The molecule has 0 spiro atoms. The maximum Gasteiger partial charge on any atom is 0.186 e. The number of nitrogen functional groups attached to an aromatic ring is 1. The quantitative estimate of drug-likeness (QED) is 0.857. The van der Waals surface area contributed by atoms with Gasteiger partial charge in [-0.15, -0.1) is 5.10 Å². The molecule has 19 heavy (non-hydrogen) atoms. The van der Waals surface area contributed by atoms with Crippen LogP contribution in [0.5, 0.6) is 0 Å². The first-order valence-corrected chi connectivity index (χ1v) is 6.83. The standard InChI is InChI=1S/C13H16ClN5/c1-13(7-2-3-8-13)19-12(16-17-18-19)11-9(14)5-4-6-10(11)15/h4-6H,2-3,7-8,15H2,1H3. The highest BCUT2D eigenvalue weighted by molar-refractivity contribution is 6.33. The van der Waals surface area contributed by atoms with Crippen LogP contribution < -0.4 is 5.73 Å². The highest BCUT2D eigenvalue weighted by Crippen LogP contribution is 2.40. The van der Waals surface area contributed by atoms with Crippen molar-refractivity contribution in [1.29, 1.82) is 0 Å². The van der Waals surface area contributed by atoms with Gasteiger partial charge in [-0.3, -0.25) is 0 Å². The van der Waals surface area contributed by atoms with Crippen molar-refractivity contribution < 1.29 is 0 Å². The molecule has 5 nitrogen and oxygen atoms in total. The maximum absolute atomic E-state index is 6.26. The Labute approximate surface area is 116 Å². The maximum atomic E-state index is 6.26. The van der Waals surface area contributed by atoms with Gasteiger partial charge in [-0.05, 0) is 42.3 Å². The molecule has 0 amide bonds. The lowest BCUT2D eigenvalue weighted by atomic mass is 10.0. The number of nitrogens with two attached hydrogens (primary N) is 1. The van der Waals surface area contributed by atoms with Gasteiger partial charge in [-0.1, -0.05) is 30.5 Å². The van der Waals surface area contributed by atoms with E-state index < -0.39 is 0 Å². The second kappa shape index (κ2) is 4.49. The highest BCUT2D eigenvalue weighted by atomic mass is 35.5. The van der Waals surface area contributed by atoms with Gasteiger partial charge in [-0.25, -0.2) is 4.68 Å². The summed E-state index contributed by atoms with van der Waals surface area (Å²) in [6.45, 7) is 2.19. The summed E-state index contributed by atoms with van der Waals surface area (Å²) in [6.07, 6.45) is 4.56. The third kappa shape index (κ3) is 1.98. The topological polar surface area (TPSA) is 69.6 Å². The Bertz CT molecular complexity index is 581. The number of halogens is 1. The van der Waals surface area contributed by atoms with Gasteiger partial charge in [0.2, 0.25) is 0 Å². The summed E-state index contributed by atoms with van der Waals surface area (Å²) in [4.78, 5) is 0. The molecule has 1 saturated carbocycles. The van der Waals surface area contributed by atoms with E-state index in [-0.39, 0.29) is 5.54 Å². The van der Waals surface area contributed by atoms with Gasteiger partial charge in [0, 0.05) is 5.69 Å². The van der Waals surface area contributed by atoms with Crippen molar-refractivity contribution in [3.8, 4) is 11.4 Å². The van der Waals surface area contributed by atoms with Crippen LogP contribution in [0.3, 0.4) is 0 Å². The molecule has 100 valence electrons. The van der Waals surface area contributed by atoms with Crippen molar-refractivity contribution in [2.24, 2.45) is 0 Å². The molecule has 2 aromatic rings. The first-order chi connectivity index (χ1) is 9.12. The van der Waals surface area contributed by atoms with Crippen molar-refractivity contribution in [3.05, 3.63) is 23.2 Å². The molecule has 0 radical (unpaired) electrons. The summed E-state index contributed by atoms with van der Waals surface area (Å²) in [5.41, 5.74) is 7.32. The Kier molecular flexibility index (Phi) is 2.93. The first-order valence-electron chi connectivity index (χ1n) is 6.45. The fraction of sp³-hybridized carbons (Fsp3) is 0.462. The van der Waals surface area contributed by atoms with Crippen molar-refractivity contribution >= 4 is 17.3 Å². The van der Waals surface area contributed by atoms with Crippen molar-refractivity contribution in [3.63, 3.8) is 0 Å². The lowest BCUT2D eigenvalue weighted by molar-refractivity contribution is 0.293. The summed E-state index contributed by atoms with van der Waals surface area (Å²) < 4.78 is 1.89. The average molecular weight is 278 g/mol. The Balaban J connectivity index is 2.15. The molecule has 1 fully saturated rings. The minimum Gasteiger partial charge on any atom is -0.398 e. The summed E-state index contributed by atoms with van der Waals surface area (Å²) in [5.74, 6) is 0.660. The van der Waals surface area contributed by atoms with Crippen LogP contribution in [0, 0.1) is 0 Å². The molecule has 2 N–H and O–H groups in total. The van der Waals surface area contributed by atoms with Crippen LogP contribution in [0.2, 0.25) is 5.02 Å². The minimum atomic E-state index is -0.0373. The van der Waals surface area contributed by atoms with Crippen molar-refractivity contribution in [2.45, 2.75) is 38.1 Å². The number of hydrogen-bond donors (Lipinski definition) is 1. The van der Waals surface area contributed by atoms with E-state index in [1.165, 1.54) is 12.8 Å². The van der Waals surface area contributed by atoms with Gasteiger partial charge >= 0.3 is 0 Å². The molecule has 1 aromatic heterocycles. The van der Waals surface area contributed by atoms with Crippen LogP contribution in [-0.2, 0) is 5.54 Å². The van der Waals surface area contributed by atoms with E-state index in [2.05, 4.69) is 22.4 Å². The molecule has 1 heterocycles. The summed E-state index contributed by atoms with van der Waals surface area (Å²) in [7, 11) is 0. The SMILES string of the molecule is CC1(n2nnnc2-c2c(N)cccc2Cl)CCCC1. The zero-order chi connectivity index (χ0) is 13.5. The molecule has 1 aliphatic carbocycles. The van der Waals surface area contributed by atoms with Gasteiger partial charge in [0.05, 0.1) is 16.1 Å². The van der Waals surface area contributed by atoms with E-state index >= 15 is 0 Å². The van der Waals surface area contributed by atoms with Crippen LogP contribution in [0.25, 0.3) is 11.4 Å². The van der Waals surface area contributed by atoms with Gasteiger partial charge in [-0.2, -0.15) is 0 Å². The summed E-state index contributed by atoms with van der Waals surface area (Å²) in [6, 6.07) is 5.45. The summed E-state index contributed by atoms with van der Waals surface area (Å²) >= 11 is 6.26. The average Bonchev–Trinajstić information content (AvgIpc) is 2.99. The van der Waals surface area contributed by atoms with Crippen molar-refractivity contribution in [1.82, 2.24) is 20.2 Å². The molecular weight excluding hydrogens is 262 g/mol. The van der Waals surface area contributed by atoms with Gasteiger partial charge in [0.1, 0.15) is 0 Å². The van der Waals surface area contributed by atoms with Crippen molar-refractivity contribution in [2.75, 3.05) is 5.73 Å². The van der Waals surface area contributed by atoms with Gasteiger partial charge < -0.3 is 5.73 Å². The zero-order valence-electron chi connectivity index (χ0n) is 10.8. The molecule has 0 atom stereocenters. The molecule has 0 aliphatic heterocycles. The zero-order valence-corrected chi connectivity index (χ0v) is 11.6. The number of benzene rings is 1. The van der Waals surface area contributed by atoms with Crippen LogP contribution in [0.4, 0.5) is 5.69 Å². The van der Waals surface area contributed by atoms with E-state index in [0.717, 1.165) is 18.4 Å². The number of nitrogens with zero attached hydrogens (tertiary/aromatic N) is 4. The molecule has 3 rings (SSSR count). The van der Waals surface area contributed by atoms with E-state index in [1.807, 2.05) is 22.9 Å². The normalized spacial score (nSPS) is 17.8. The Morgan fingerprint density at radius 1 is 1.32 bits per heavy atom. The first kappa shape index (κ1) is 12.4. The number of tetrazole rings is 1. The summed E-state index contributed by atoms with van der Waals surface area (Å²) in [5, 5.41) is 12.7. The van der Waals surface area contributed by atoms with E-state index in [0.29, 0.717) is 16.5 Å². The van der Waals surface area contributed by atoms with Crippen LogP contribution in [0.15, 0.2) is 18.2 Å². The van der Waals surface area contributed by atoms with E-state index in [1.54, 1.807) is 0 Å². The van der Waals surface area contributed by atoms with Crippen LogP contribution in [0.1, 0.15) is 32.6 Å². The molecule has 1 aliphatic rings. The largest absolute Gasteiger partial charge is 0.398 e. The Morgan fingerprint density at radius 2 is 2.05 bits per heavy atom. The molecule has 0 unspecified atom stereocenters. The fourth-order valence-corrected chi connectivity index (χ4v) is 3.10. The second-order valence-corrected chi connectivity index (χ2v) is 5.73. The van der Waals surface area contributed by atoms with Gasteiger partial charge in [0.25, 0.3) is 0 Å². The lowest BCUT2D eigenvalue weighted by Gasteiger charge is -2.25. The van der Waals surface area contributed by atoms with E-state index in [4.69, 9.17) is 17.3 Å². The Hall–Kier alpha value is -1.62. The van der Waals surface area contributed by atoms with Crippen LogP contribution in [-0.4, -0.2) is 20.2 Å². The monoisotopic (exact) mass is 277 g/mol. The number of hydrogen-bond acceptors (Lipinski definition) is 4. The number of anilines is 1. The van der Waals surface area contributed by atoms with Gasteiger partial charge in [0.15, 0.2) is 5.82 Å². The smallest absolute Gasteiger partial charge is 0.186 e. The second-order valence-electron chi connectivity index (χ2n) is 5.32. The fourth-order valence-electron chi connectivity index (χ4n) is 2.83. The molecule has 1 aromatic carbocycles.